The molecule has 2 amide bonds. The molecule has 0 aliphatic carbocycles. The van der Waals surface area contributed by atoms with Gasteiger partial charge >= 0.3 is 0 Å². The molecule has 1 aromatic rings. The fraction of sp³-hybridized carbons (Fsp3) is 0.600. The van der Waals surface area contributed by atoms with Crippen molar-refractivity contribution in [3.05, 3.63) is 29.3 Å². The molecule has 6 heteroatoms. The normalized spacial score (nSPS) is 26.3. The molecule has 2 heterocycles. The van der Waals surface area contributed by atoms with E-state index in [0.717, 1.165) is 11.3 Å². The van der Waals surface area contributed by atoms with Crippen molar-refractivity contribution in [2.24, 2.45) is 5.92 Å². The van der Waals surface area contributed by atoms with Crippen LogP contribution in [0, 0.1) is 19.8 Å². The summed E-state index contributed by atoms with van der Waals surface area (Å²) in [6.07, 6.45) is 1.28. The molecule has 2 saturated heterocycles. The van der Waals surface area contributed by atoms with Crippen LogP contribution in [-0.2, 0) is 9.59 Å². The van der Waals surface area contributed by atoms with Crippen molar-refractivity contribution in [1.82, 2.24) is 9.80 Å². The molecule has 1 aromatic carbocycles. The molecule has 2 aliphatic rings. The van der Waals surface area contributed by atoms with Gasteiger partial charge in [-0.1, -0.05) is 6.07 Å². The van der Waals surface area contributed by atoms with Crippen molar-refractivity contribution in [3.63, 3.8) is 0 Å². The summed E-state index contributed by atoms with van der Waals surface area (Å²) in [7, 11) is 0. The number of nitrogens with zero attached hydrogens (tertiary/aromatic N) is 2. The van der Waals surface area contributed by atoms with Gasteiger partial charge in [0.2, 0.25) is 11.8 Å². The Bertz CT molecular complexity index is 706. The highest BCUT2D eigenvalue weighted by Crippen LogP contribution is 2.35. The first-order chi connectivity index (χ1) is 12.3. The third kappa shape index (κ3) is 4.07. The van der Waals surface area contributed by atoms with Gasteiger partial charge in [-0.15, -0.1) is 0 Å². The van der Waals surface area contributed by atoms with Gasteiger partial charge in [-0.2, -0.15) is 0 Å². The molecule has 3 rings (SSSR count). The minimum absolute atomic E-state index is 0.00307. The molecule has 2 atom stereocenters. The van der Waals surface area contributed by atoms with Crippen LogP contribution in [0.15, 0.2) is 18.2 Å². The summed E-state index contributed by atoms with van der Waals surface area (Å²) in [5.41, 5.74) is 2.46. The monoisotopic (exact) mass is 359 g/mol. The highest BCUT2D eigenvalue weighted by molar-refractivity contribution is 5.92. The minimum atomic E-state index is -0.701. The second kappa shape index (κ2) is 7.37. The Balaban J connectivity index is 1.57. The molecule has 142 valence electrons. The zero-order valence-corrected chi connectivity index (χ0v) is 15.9. The van der Waals surface area contributed by atoms with Crippen LogP contribution in [0.5, 0.6) is 0 Å². The molecule has 0 bridgehead atoms. The summed E-state index contributed by atoms with van der Waals surface area (Å²) < 4.78 is 0. The highest BCUT2D eigenvalue weighted by Gasteiger charge is 2.45. The van der Waals surface area contributed by atoms with Gasteiger partial charge in [-0.05, 0) is 49.9 Å². The summed E-state index contributed by atoms with van der Waals surface area (Å²) >= 11 is 0. The number of benzene rings is 1. The topological polar surface area (TPSA) is 72.9 Å². The Morgan fingerprint density at radius 3 is 2.62 bits per heavy atom. The number of aliphatic hydroxyl groups is 1. The second-order valence-corrected chi connectivity index (χ2v) is 7.85. The van der Waals surface area contributed by atoms with Crippen LogP contribution in [-0.4, -0.2) is 65.0 Å². The quantitative estimate of drug-likeness (QED) is 0.859. The van der Waals surface area contributed by atoms with Gasteiger partial charge in [0.25, 0.3) is 0 Å². The van der Waals surface area contributed by atoms with Crippen LogP contribution >= 0.6 is 0 Å². The van der Waals surface area contributed by atoms with Gasteiger partial charge in [-0.25, -0.2) is 0 Å². The fourth-order valence-corrected chi connectivity index (χ4v) is 4.02. The Labute approximate surface area is 155 Å². The molecule has 6 nitrogen and oxygen atoms in total. The lowest BCUT2D eigenvalue weighted by Crippen LogP contribution is -2.61. The molecule has 0 unspecified atom stereocenters. The predicted molar refractivity (Wildman–Crippen MR) is 101 cm³/mol. The minimum Gasteiger partial charge on any atom is -0.389 e. The van der Waals surface area contributed by atoms with Crippen LogP contribution < -0.4 is 5.32 Å². The highest BCUT2D eigenvalue weighted by atomic mass is 16.3. The number of carbonyl (C=O) groups excluding carboxylic acids is 2. The van der Waals surface area contributed by atoms with Crippen LogP contribution in [0.4, 0.5) is 5.69 Å². The molecule has 0 saturated carbocycles. The molecule has 26 heavy (non-hydrogen) atoms. The second-order valence-electron chi connectivity index (χ2n) is 7.85. The van der Waals surface area contributed by atoms with E-state index in [-0.39, 0.29) is 17.7 Å². The summed E-state index contributed by atoms with van der Waals surface area (Å²) in [4.78, 5) is 28.0. The van der Waals surface area contributed by atoms with Crippen LogP contribution in [0.1, 0.15) is 30.9 Å². The van der Waals surface area contributed by atoms with E-state index in [1.54, 1.807) is 11.8 Å². The Morgan fingerprint density at radius 1 is 1.19 bits per heavy atom. The summed E-state index contributed by atoms with van der Waals surface area (Å²) in [6, 6.07) is 5.90. The maximum absolute atomic E-state index is 12.4. The summed E-state index contributed by atoms with van der Waals surface area (Å²) in [5.74, 6) is 0.0119. The third-order valence-corrected chi connectivity index (χ3v) is 5.96. The Morgan fingerprint density at radius 2 is 1.92 bits per heavy atom. The number of anilines is 1. The number of carbonyl (C=O) groups is 2. The van der Waals surface area contributed by atoms with Crippen molar-refractivity contribution in [1.29, 1.82) is 0 Å². The first kappa shape index (κ1) is 18.9. The number of fused-ring (bicyclic) bond motifs is 1. The van der Waals surface area contributed by atoms with E-state index >= 15 is 0 Å². The number of aryl methyl sites for hydroxylation is 2. The Hall–Kier alpha value is -1.92. The number of piperidine rings is 2. The molecule has 2 fully saturated rings. The van der Waals surface area contributed by atoms with Crippen molar-refractivity contribution >= 4 is 17.5 Å². The van der Waals surface area contributed by atoms with Gasteiger partial charge in [0, 0.05) is 44.7 Å². The van der Waals surface area contributed by atoms with Crippen molar-refractivity contribution in [2.75, 3.05) is 38.0 Å². The molecule has 2 aliphatic heterocycles. The molecule has 0 spiro atoms. The number of likely N-dealkylation sites (tertiary alicyclic amines) is 2. The maximum atomic E-state index is 12.4. The average molecular weight is 359 g/mol. The van der Waals surface area contributed by atoms with E-state index in [0.29, 0.717) is 45.6 Å². The van der Waals surface area contributed by atoms with Crippen molar-refractivity contribution < 1.29 is 14.7 Å². The van der Waals surface area contributed by atoms with E-state index in [4.69, 9.17) is 0 Å². The van der Waals surface area contributed by atoms with Crippen LogP contribution in [0.3, 0.4) is 0 Å². The average Bonchev–Trinajstić information content (AvgIpc) is 2.58. The Kier molecular flexibility index (Phi) is 5.34. The number of amides is 2. The zero-order valence-electron chi connectivity index (χ0n) is 15.9. The van der Waals surface area contributed by atoms with E-state index in [1.807, 2.05) is 32.0 Å². The maximum Gasteiger partial charge on any atom is 0.238 e. The number of hydrogen-bond acceptors (Lipinski definition) is 4. The summed E-state index contributed by atoms with van der Waals surface area (Å²) in [5, 5.41) is 13.8. The number of hydrogen-bond donors (Lipinski definition) is 2. The first-order valence-electron chi connectivity index (χ1n) is 9.34. The van der Waals surface area contributed by atoms with Crippen LogP contribution in [0.25, 0.3) is 0 Å². The fourth-order valence-electron chi connectivity index (χ4n) is 4.02. The lowest BCUT2D eigenvalue weighted by molar-refractivity contribution is -0.146. The lowest BCUT2D eigenvalue weighted by atomic mass is 9.75. The van der Waals surface area contributed by atoms with Gasteiger partial charge in [0.05, 0.1) is 12.1 Å². The number of nitrogens with one attached hydrogen (secondary N) is 1. The zero-order chi connectivity index (χ0) is 18.9. The third-order valence-electron chi connectivity index (χ3n) is 5.96. The van der Waals surface area contributed by atoms with E-state index in [9.17, 15) is 14.7 Å². The smallest absolute Gasteiger partial charge is 0.238 e. The summed E-state index contributed by atoms with van der Waals surface area (Å²) in [6.45, 7) is 8.48. The SMILES string of the molecule is CC(=O)N1CC[C@]2(O)CCN(CC(=O)Nc3ccc(C)c(C)c3)C[C@@H]2C1. The predicted octanol–water partition coefficient (Wildman–Crippen LogP) is 1.55. The largest absolute Gasteiger partial charge is 0.389 e. The van der Waals surface area contributed by atoms with Gasteiger partial charge < -0.3 is 15.3 Å². The molecule has 0 aromatic heterocycles. The van der Waals surface area contributed by atoms with E-state index in [2.05, 4.69) is 10.2 Å². The van der Waals surface area contributed by atoms with Gasteiger partial charge in [0.15, 0.2) is 0 Å². The van der Waals surface area contributed by atoms with Crippen molar-refractivity contribution in [3.8, 4) is 0 Å². The van der Waals surface area contributed by atoms with Gasteiger partial charge in [-0.3, -0.25) is 14.5 Å². The molecular formula is C20H29N3O3. The van der Waals surface area contributed by atoms with Gasteiger partial charge in [0.1, 0.15) is 0 Å². The van der Waals surface area contributed by atoms with E-state index < -0.39 is 5.60 Å². The molecule has 0 radical (unpaired) electrons. The lowest BCUT2D eigenvalue weighted by Gasteiger charge is -2.50. The molecular weight excluding hydrogens is 330 g/mol. The van der Waals surface area contributed by atoms with Crippen molar-refractivity contribution in [2.45, 2.75) is 39.2 Å². The number of rotatable bonds is 3. The standard InChI is InChI=1S/C20H29N3O3/c1-14-4-5-18(10-15(14)2)21-19(25)13-22-8-6-20(26)7-9-23(16(3)24)12-17(20)11-22/h4-5,10,17,26H,6-9,11-13H2,1-3H3,(H,21,25)/t17-,20-/m1/s1. The first-order valence-corrected chi connectivity index (χ1v) is 9.34. The molecule has 2 N–H and O–H groups in total. The van der Waals surface area contributed by atoms with Crippen LogP contribution in [0.2, 0.25) is 0 Å². The van der Waals surface area contributed by atoms with E-state index in [1.165, 1.54) is 5.56 Å².